The number of rotatable bonds is 18. The number of allylic oxidation sites excluding steroid dienone is 1. The molecule has 1 aromatic rings. The van der Waals surface area contributed by atoms with Crippen LogP contribution in [0.1, 0.15) is 109 Å². The van der Waals surface area contributed by atoms with Gasteiger partial charge in [-0.05, 0) is 74.3 Å². The van der Waals surface area contributed by atoms with Crippen molar-refractivity contribution in [3.8, 4) is 0 Å². The van der Waals surface area contributed by atoms with Crippen molar-refractivity contribution in [1.82, 2.24) is 0 Å². The van der Waals surface area contributed by atoms with E-state index >= 15 is 0 Å². The van der Waals surface area contributed by atoms with Gasteiger partial charge < -0.3 is 15.9 Å². The smallest absolute Gasteiger partial charge is 0.303 e. The number of aliphatic hydroxyl groups excluding tert-OH is 1. The van der Waals surface area contributed by atoms with Crippen LogP contribution in [0.15, 0.2) is 42.5 Å². The summed E-state index contributed by atoms with van der Waals surface area (Å²) in [5.74, 6) is -0.172. The summed E-state index contributed by atoms with van der Waals surface area (Å²) in [6.45, 7) is 2.79. The van der Waals surface area contributed by atoms with Crippen LogP contribution >= 0.6 is 0 Å². The Balaban J connectivity index is 1.95. The zero-order valence-electron chi connectivity index (χ0n) is 21.5. The van der Waals surface area contributed by atoms with Gasteiger partial charge in [-0.25, -0.2) is 0 Å². The van der Waals surface area contributed by atoms with Gasteiger partial charge in [0.05, 0.1) is 6.10 Å². The van der Waals surface area contributed by atoms with E-state index in [4.69, 9.17) is 5.73 Å². The molecule has 4 heteroatoms. The molecule has 0 heterocycles. The van der Waals surface area contributed by atoms with Crippen LogP contribution in [0.5, 0.6) is 0 Å². The molecule has 192 valence electrons. The van der Waals surface area contributed by atoms with Crippen molar-refractivity contribution < 1.29 is 15.0 Å². The minimum atomic E-state index is -0.687. The average molecular weight is 472 g/mol. The number of carboxylic acids is 1. The molecular weight excluding hydrogens is 422 g/mol. The maximum Gasteiger partial charge on any atom is 0.303 e. The molecule has 1 aromatic carbocycles. The second-order valence-corrected chi connectivity index (χ2v) is 10.5. The molecule has 2 rings (SSSR count). The highest BCUT2D eigenvalue weighted by molar-refractivity contribution is 5.67. The number of carbonyl (C=O) groups is 1. The van der Waals surface area contributed by atoms with Crippen LogP contribution in [0, 0.1) is 11.8 Å². The summed E-state index contributed by atoms with van der Waals surface area (Å²) in [6, 6.07) is 10.8. The highest BCUT2D eigenvalue weighted by Crippen LogP contribution is 2.48. The van der Waals surface area contributed by atoms with E-state index in [-0.39, 0.29) is 23.9 Å². The standard InChI is InChI=1S/C30H49NO3/c1-2-3-7-17-28(32)18-11-5-4-8-14-25(19-22-31)26(23-29(33)34)24-30(20-12-13-21-30)27-15-9-6-10-16-27/h6,9-11,15-16,18,25-26,28,32H,2-5,7-8,12-14,17,19-24,31H2,1H3,(H,33,34)/b18-11-/t25-,26-,28-/m1/s1. The number of aliphatic hydroxyl groups is 1. The minimum absolute atomic E-state index is 0.116. The summed E-state index contributed by atoms with van der Waals surface area (Å²) in [7, 11) is 0. The van der Waals surface area contributed by atoms with Gasteiger partial charge in [0.2, 0.25) is 0 Å². The third-order valence-electron chi connectivity index (χ3n) is 7.90. The van der Waals surface area contributed by atoms with Gasteiger partial charge in [0.25, 0.3) is 0 Å². The molecule has 4 N–H and O–H groups in total. The molecule has 34 heavy (non-hydrogen) atoms. The fraction of sp³-hybridized carbons (Fsp3) is 0.700. The summed E-state index contributed by atoms with van der Waals surface area (Å²) >= 11 is 0. The minimum Gasteiger partial charge on any atom is -0.481 e. The SMILES string of the molecule is CCCCC[C@@H](O)/C=C\CCCC[C@H](CCN)[C@H](CC(=O)O)CC1(c2ccccc2)CCCC1. The van der Waals surface area contributed by atoms with E-state index < -0.39 is 5.97 Å². The zero-order valence-corrected chi connectivity index (χ0v) is 21.5. The van der Waals surface area contributed by atoms with Gasteiger partial charge in [0.1, 0.15) is 0 Å². The molecule has 1 fully saturated rings. The van der Waals surface area contributed by atoms with Crippen LogP contribution in [0.25, 0.3) is 0 Å². The highest BCUT2D eigenvalue weighted by atomic mass is 16.4. The number of nitrogens with two attached hydrogens (primary N) is 1. The normalized spacial score (nSPS) is 18.2. The van der Waals surface area contributed by atoms with Gasteiger partial charge in [-0.2, -0.15) is 0 Å². The molecule has 1 aliphatic carbocycles. The maximum atomic E-state index is 11.8. The van der Waals surface area contributed by atoms with Gasteiger partial charge >= 0.3 is 5.97 Å². The Hall–Kier alpha value is -1.65. The molecule has 0 unspecified atom stereocenters. The van der Waals surface area contributed by atoms with Crippen LogP contribution in [-0.4, -0.2) is 28.8 Å². The molecule has 1 aliphatic rings. The highest BCUT2D eigenvalue weighted by Gasteiger charge is 2.39. The maximum absolute atomic E-state index is 11.8. The molecule has 0 aromatic heterocycles. The topological polar surface area (TPSA) is 83.5 Å². The van der Waals surface area contributed by atoms with E-state index in [2.05, 4.69) is 43.3 Å². The van der Waals surface area contributed by atoms with Crippen LogP contribution in [0.3, 0.4) is 0 Å². The first-order valence-electron chi connectivity index (χ1n) is 13.8. The fourth-order valence-corrected chi connectivity index (χ4v) is 6.04. The lowest BCUT2D eigenvalue weighted by Gasteiger charge is -2.37. The fourth-order valence-electron chi connectivity index (χ4n) is 6.04. The monoisotopic (exact) mass is 471 g/mol. The van der Waals surface area contributed by atoms with E-state index in [1.807, 2.05) is 6.08 Å². The number of hydrogen-bond donors (Lipinski definition) is 3. The first-order chi connectivity index (χ1) is 16.5. The molecule has 3 atom stereocenters. The Bertz CT molecular complexity index is 696. The number of benzene rings is 1. The molecule has 4 nitrogen and oxygen atoms in total. The average Bonchev–Trinajstić information content (AvgIpc) is 3.30. The van der Waals surface area contributed by atoms with Gasteiger partial charge in [-0.3, -0.25) is 4.79 Å². The zero-order chi connectivity index (χ0) is 24.7. The lowest BCUT2D eigenvalue weighted by Crippen LogP contribution is -2.31. The van der Waals surface area contributed by atoms with Crippen molar-refractivity contribution in [2.75, 3.05) is 6.54 Å². The van der Waals surface area contributed by atoms with E-state index in [9.17, 15) is 15.0 Å². The lowest BCUT2D eigenvalue weighted by molar-refractivity contribution is -0.138. The van der Waals surface area contributed by atoms with Crippen LogP contribution in [0.4, 0.5) is 0 Å². The van der Waals surface area contributed by atoms with E-state index in [0.717, 1.165) is 64.2 Å². The number of aliphatic carboxylic acids is 1. The summed E-state index contributed by atoms with van der Waals surface area (Å²) in [6.07, 6.45) is 19.1. The predicted octanol–water partition coefficient (Wildman–Crippen LogP) is 7.00. The molecule has 0 radical (unpaired) electrons. The molecule has 0 amide bonds. The third kappa shape index (κ3) is 9.92. The van der Waals surface area contributed by atoms with Crippen molar-refractivity contribution in [3.05, 3.63) is 48.0 Å². The van der Waals surface area contributed by atoms with Crippen molar-refractivity contribution in [2.24, 2.45) is 17.6 Å². The van der Waals surface area contributed by atoms with E-state index in [1.54, 1.807) is 0 Å². The summed E-state index contributed by atoms with van der Waals surface area (Å²) in [5, 5.41) is 19.8. The summed E-state index contributed by atoms with van der Waals surface area (Å²) < 4.78 is 0. The lowest BCUT2D eigenvalue weighted by atomic mass is 9.68. The Morgan fingerprint density at radius 3 is 2.38 bits per heavy atom. The Morgan fingerprint density at radius 1 is 1.03 bits per heavy atom. The van der Waals surface area contributed by atoms with Crippen molar-refractivity contribution in [1.29, 1.82) is 0 Å². The number of unbranched alkanes of at least 4 members (excludes halogenated alkanes) is 4. The number of hydrogen-bond acceptors (Lipinski definition) is 3. The third-order valence-corrected chi connectivity index (χ3v) is 7.90. The van der Waals surface area contributed by atoms with Crippen molar-refractivity contribution in [3.63, 3.8) is 0 Å². The summed E-state index contributed by atoms with van der Waals surface area (Å²) in [4.78, 5) is 11.8. The quantitative estimate of drug-likeness (QED) is 0.159. The summed E-state index contributed by atoms with van der Waals surface area (Å²) in [5.41, 5.74) is 7.50. The molecular formula is C30H49NO3. The van der Waals surface area contributed by atoms with Gasteiger partial charge in [-0.15, -0.1) is 0 Å². The predicted molar refractivity (Wildman–Crippen MR) is 142 cm³/mol. The second kappa shape index (κ2) is 16.1. The van der Waals surface area contributed by atoms with Gasteiger partial charge in [0.15, 0.2) is 0 Å². The molecule has 0 bridgehead atoms. The van der Waals surface area contributed by atoms with E-state index in [0.29, 0.717) is 12.5 Å². The first-order valence-corrected chi connectivity index (χ1v) is 13.8. The Kier molecular flexibility index (Phi) is 13.5. The van der Waals surface area contributed by atoms with Crippen LogP contribution in [-0.2, 0) is 10.2 Å². The molecule has 0 aliphatic heterocycles. The van der Waals surface area contributed by atoms with Crippen molar-refractivity contribution >= 4 is 5.97 Å². The van der Waals surface area contributed by atoms with Crippen LogP contribution in [0.2, 0.25) is 0 Å². The van der Waals surface area contributed by atoms with Crippen LogP contribution < -0.4 is 5.73 Å². The van der Waals surface area contributed by atoms with Crippen molar-refractivity contribution in [2.45, 2.75) is 115 Å². The molecule has 0 saturated heterocycles. The molecule has 0 spiro atoms. The first kappa shape index (κ1) is 28.6. The molecule has 1 saturated carbocycles. The largest absolute Gasteiger partial charge is 0.481 e. The van der Waals surface area contributed by atoms with E-state index in [1.165, 1.54) is 31.2 Å². The Labute approximate surface area is 208 Å². The second-order valence-electron chi connectivity index (χ2n) is 10.5. The van der Waals surface area contributed by atoms with Gasteiger partial charge in [-0.1, -0.05) is 94.4 Å². The van der Waals surface area contributed by atoms with Gasteiger partial charge in [0, 0.05) is 6.42 Å². The Morgan fingerprint density at radius 2 is 1.74 bits per heavy atom. The number of carboxylic acid groups (broad SMARTS) is 1.